The number of hydrogen-bond acceptors (Lipinski definition) is 5. The normalized spacial score (nSPS) is 12.0. The first kappa shape index (κ1) is 26.1. The number of nitrogens with zero attached hydrogens (tertiary/aromatic N) is 5. The lowest BCUT2D eigenvalue weighted by molar-refractivity contribution is -0.384. The van der Waals surface area contributed by atoms with E-state index in [4.69, 9.17) is 10.1 Å². The van der Waals surface area contributed by atoms with E-state index in [1.54, 1.807) is 12.1 Å². The summed E-state index contributed by atoms with van der Waals surface area (Å²) in [6, 6.07) is 23.3. The number of nitro groups is 1. The summed E-state index contributed by atoms with van der Waals surface area (Å²) in [5.41, 5.74) is 10.3. The smallest absolute Gasteiger partial charge is 0.269 e. The Hall–Kier alpha value is -4.56. The molecule has 2 heterocycles. The van der Waals surface area contributed by atoms with Gasteiger partial charge in [0.25, 0.3) is 5.69 Å². The van der Waals surface area contributed by atoms with Gasteiger partial charge >= 0.3 is 0 Å². The second-order valence-electron chi connectivity index (χ2n) is 9.66. The van der Waals surface area contributed by atoms with Gasteiger partial charge in [-0.15, -0.1) is 11.3 Å². The van der Waals surface area contributed by atoms with Gasteiger partial charge in [0.05, 0.1) is 22.5 Å². The van der Waals surface area contributed by atoms with Crippen molar-refractivity contribution in [2.45, 2.75) is 34.6 Å². The summed E-state index contributed by atoms with van der Waals surface area (Å²) in [7, 11) is 0. The molecule has 0 unspecified atom stereocenters. The second-order valence-corrected chi connectivity index (χ2v) is 10.5. The summed E-state index contributed by atoms with van der Waals surface area (Å²) in [5.74, 6) is 0. The van der Waals surface area contributed by atoms with E-state index in [0.29, 0.717) is 4.80 Å². The van der Waals surface area contributed by atoms with Crippen molar-refractivity contribution < 1.29 is 4.92 Å². The number of nitro benzene ring substituents is 1. The van der Waals surface area contributed by atoms with Crippen LogP contribution in [0.4, 0.5) is 11.4 Å². The molecule has 0 atom stereocenters. The van der Waals surface area contributed by atoms with E-state index in [9.17, 15) is 10.1 Å². The van der Waals surface area contributed by atoms with Gasteiger partial charge in [0.2, 0.25) is 4.80 Å². The highest BCUT2D eigenvalue weighted by Gasteiger charge is 2.13. The van der Waals surface area contributed by atoms with E-state index < -0.39 is 4.92 Å². The van der Waals surface area contributed by atoms with Crippen LogP contribution in [0, 0.1) is 44.7 Å². The molecule has 0 aliphatic rings. The molecule has 0 amide bonds. The fourth-order valence-electron chi connectivity index (χ4n) is 4.51. The van der Waals surface area contributed by atoms with Gasteiger partial charge in [0, 0.05) is 45.7 Å². The minimum atomic E-state index is -0.394. The predicted molar refractivity (Wildman–Crippen MR) is 159 cm³/mol. The van der Waals surface area contributed by atoms with Crippen LogP contribution in [-0.4, -0.2) is 20.4 Å². The molecular formula is C31H29N5O2S. The lowest BCUT2D eigenvalue weighted by atomic mass is 10.1. The molecule has 2 aromatic heterocycles. The summed E-state index contributed by atoms with van der Waals surface area (Å²) >= 11 is 1.48. The molecule has 5 aromatic rings. The van der Waals surface area contributed by atoms with Crippen LogP contribution in [0.15, 0.2) is 88.3 Å². The summed E-state index contributed by atoms with van der Waals surface area (Å²) in [5, 5.41) is 18.1. The molecule has 0 bridgehead atoms. The van der Waals surface area contributed by atoms with Gasteiger partial charge in [0.1, 0.15) is 0 Å². The minimum Gasteiger partial charge on any atom is -0.318 e. The molecule has 0 fully saturated rings. The molecule has 39 heavy (non-hydrogen) atoms. The monoisotopic (exact) mass is 535 g/mol. The molecule has 8 heteroatoms. The SMILES string of the molecule is Cc1ccc(-n2c(C)cc(C=Nn3c(-c4ccc([N+](=O)[O-])cc4)csc3=Nc3cc(C)ccc3C)c2C)cc1. The Morgan fingerprint density at radius 2 is 1.56 bits per heavy atom. The lowest BCUT2D eigenvalue weighted by Gasteiger charge is -2.10. The molecule has 3 aromatic carbocycles. The summed E-state index contributed by atoms with van der Waals surface area (Å²) in [6.45, 7) is 10.3. The zero-order valence-corrected chi connectivity index (χ0v) is 23.4. The van der Waals surface area contributed by atoms with Gasteiger partial charge in [0.15, 0.2) is 0 Å². The van der Waals surface area contributed by atoms with Gasteiger partial charge in [-0.25, -0.2) is 9.67 Å². The lowest BCUT2D eigenvalue weighted by Crippen LogP contribution is -2.12. The van der Waals surface area contributed by atoms with Crippen LogP contribution < -0.4 is 4.80 Å². The summed E-state index contributed by atoms with van der Waals surface area (Å²) in [4.78, 5) is 16.5. The van der Waals surface area contributed by atoms with E-state index >= 15 is 0 Å². The van der Waals surface area contributed by atoms with Crippen LogP contribution in [0.5, 0.6) is 0 Å². The Morgan fingerprint density at radius 1 is 0.872 bits per heavy atom. The molecule has 0 radical (unpaired) electrons. The Kier molecular flexibility index (Phi) is 7.13. The molecule has 5 rings (SSSR count). The molecule has 0 N–H and O–H groups in total. The topological polar surface area (TPSA) is 77.7 Å². The Labute approximate surface area is 231 Å². The summed E-state index contributed by atoms with van der Waals surface area (Å²) in [6.07, 6.45) is 1.86. The van der Waals surface area contributed by atoms with Crippen LogP contribution in [0.1, 0.15) is 33.6 Å². The van der Waals surface area contributed by atoms with Crippen LogP contribution in [-0.2, 0) is 0 Å². The average molecular weight is 536 g/mol. The van der Waals surface area contributed by atoms with Crippen molar-refractivity contribution in [1.29, 1.82) is 0 Å². The highest BCUT2D eigenvalue weighted by Crippen LogP contribution is 2.25. The second kappa shape index (κ2) is 10.7. The maximum atomic E-state index is 11.2. The molecule has 196 valence electrons. The Balaban J connectivity index is 1.63. The molecule has 0 aliphatic heterocycles. The zero-order valence-electron chi connectivity index (χ0n) is 22.5. The van der Waals surface area contributed by atoms with Crippen molar-refractivity contribution in [2.75, 3.05) is 0 Å². The van der Waals surface area contributed by atoms with Gasteiger partial charge in [-0.2, -0.15) is 5.10 Å². The van der Waals surface area contributed by atoms with Gasteiger partial charge < -0.3 is 4.57 Å². The van der Waals surface area contributed by atoms with Gasteiger partial charge in [-0.1, -0.05) is 29.8 Å². The number of hydrogen-bond donors (Lipinski definition) is 0. The van der Waals surface area contributed by atoms with Crippen LogP contribution in [0.2, 0.25) is 0 Å². The zero-order chi connectivity index (χ0) is 27.7. The third-order valence-corrected chi connectivity index (χ3v) is 7.53. The number of benzene rings is 3. The number of rotatable bonds is 6. The van der Waals surface area contributed by atoms with E-state index in [1.807, 2.05) is 30.1 Å². The Morgan fingerprint density at radius 3 is 2.26 bits per heavy atom. The molecule has 0 aliphatic carbocycles. The maximum absolute atomic E-state index is 11.2. The largest absolute Gasteiger partial charge is 0.318 e. The fourth-order valence-corrected chi connectivity index (χ4v) is 5.36. The quantitative estimate of drug-likeness (QED) is 0.128. The van der Waals surface area contributed by atoms with Crippen molar-refractivity contribution in [3.63, 3.8) is 0 Å². The average Bonchev–Trinajstić information content (AvgIpc) is 3.44. The van der Waals surface area contributed by atoms with Gasteiger partial charge in [-0.3, -0.25) is 10.1 Å². The third-order valence-electron chi connectivity index (χ3n) is 6.71. The van der Waals surface area contributed by atoms with E-state index in [2.05, 4.69) is 73.9 Å². The number of non-ortho nitro benzene ring substituents is 1. The molecule has 0 saturated carbocycles. The number of aryl methyl sites for hydroxylation is 4. The highest BCUT2D eigenvalue weighted by atomic mass is 32.1. The first-order chi connectivity index (χ1) is 18.7. The molecule has 0 spiro atoms. The van der Waals surface area contributed by atoms with Crippen molar-refractivity contribution in [2.24, 2.45) is 10.1 Å². The number of thiazole rings is 1. The van der Waals surface area contributed by atoms with Crippen LogP contribution in [0.25, 0.3) is 16.9 Å². The first-order valence-corrected chi connectivity index (χ1v) is 13.5. The van der Waals surface area contributed by atoms with Crippen molar-refractivity contribution in [3.05, 3.63) is 127 Å². The van der Waals surface area contributed by atoms with Crippen molar-refractivity contribution in [1.82, 2.24) is 9.24 Å². The molecule has 7 nitrogen and oxygen atoms in total. The van der Waals surface area contributed by atoms with E-state index in [-0.39, 0.29) is 5.69 Å². The maximum Gasteiger partial charge on any atom is 0.269 e. The predicted octanol–water partition coefficient (Wildman–Crippen LogP) is 7.57. The standard InChI is InChI=1S/C31H29N5O2S/c1-20-7-12-27(13-8-20)34-23(4)17-26(24(34)5)18-32-35-30(25-10-14-28(15-11-25)36(37)38)19-39-31(35)33-29-16-21(2)6-9-22(29)3/h6-19H,1-5H3. The van der Waals surface area contributed by atoms with Gasteiger partial charge in [-0.05, 0) is 82.1 Å². The Bertz CT molecular complexity index is 1770. The van der Waals surface area contributed by atoms with Crippen molar-refractivity contribution >= 4 is 28.9 Å². The molecular weight excluding hydrogens is 506 g/mol. The highest BCUT2D eigenvalue weighted by molar-refractivity contribution is 7.07. The van der Waals surface area contributed by atoms with E-state index in [0.717, 1.165) is 50.7 Å². The van der Waals surface area contributed by atoms with Crippen LogP contribution in [0.3, 0.4) is 0 Å². The summed E-state index contributed by atoms with van der Waals surface area (Å²) < 4.78 is 4.03. The third kappa shape index (κ3) is 5.37. The van der Waals surface area contributed by atoms with Crippen molar-refractivity contribution in [3.8, 4) is 16.9 Å². The molecule has 0 saturated heterocycles. The minimum absolute atomic E-state index is 0.0490. The number of aromatic nitrogens is 2. The first-order valence-electron chi connectivity index (χ1n) is 12.6. The van der Waals surface area contributed by atoms with E-state index in [1.165, 1.54) is 29.0 Å². The fraction of sp³-hybridized carbons (Fsp3) is 0.161. The van der Waals surface area contributed by atoms with Crippen LogP contribution >= 0.6 is 11.3 Å².